The Balaban J connectivity index is 2.34. The molecule has 0 bridgehead atoms. The number of hydrogen-bond donors (Lipinski definition) is 0. The van der Waals surface area contributed by atoms with E-state index in [2.05, 4.69) is 0 Å². The Morgan fingerprint density at radius 3 is 2.63 bits per heavy atom. The van der Waals surface area contributed by atoms with Gasteiger partial charge in [-0.3, -0.25) is 10.1 Å². The molecular weight excluding hydrogens is 250 g/mol. The minimum Gasteiger partial charge on any atom is -0.477 e. The van der Waals surface area contributed by atoms with Crippen molar-refractivity contribution in [2.75, 3.05) is 14.2 Å². The van der Waals surface area contributed by atoms with Crippen molar-refractivity contribution in [1.29, 1.82) is 0 Å². The topological polar surface area (TPSA) is 70.8 Å². The first-order chi connectivity index (χ1) is 9.00. The Kier molecular flexibility index (Phi) is 3.55. The molecule has 0 radical (unpaired) electrons. The number of hydrogen-bond acceptors (Lipinski definition) is 5. The van der Waals surface area contributed by atoms with Gasteiger partial charge in [0.25, 0.3) is 5.69 Å². The Hall–Kier alpha value is -1.92. The number of nitro benzene ring substituents is 1. The third-order valence-electron chi connectivity index (χ3n) is 3.02. The molecule has 1 aliphatic rings. The van der Waals surface area contributed by atoms with Gasteiger partial charge in [0.05, 0.1) is 4.92 Å². The monoisotopic (exact) mass is 265 g/mol. The molecule has 0 aliphatic carbocycles. The maximum atomic E-state index is 10.7. The number of non-ortho nitro benzene ring substituents is 1. The molecule has 0 saturated carbocycles. The van der Waals surface area contributed by atoms with Crippen LogP contribution in [0.25, 0.3) is 6.08 Å². The largest absolute Gasteiger partial charge is 0.477 e. The number of nitrogens with zero attached hydrogens (tertiary/aromatic N) is 1. The van der Waals surface area contributed by atoms with Crippen LogP contribution in [-0.2, 0) is 9.47 Å². The Morgan fingerprint density at radius 1 is 1.37 bits per heavy atom. The normalized spacial score (nSPS) is 21.1. The first-order valence-electron chi connectivity index (χ1n) is 5.72. The molecule has 102 valence electrons. The molecule has 6 heteroatoms. The lowest BCUT2D eigenvalue weighted by molar-refractivity contribution is -0.384. The Bertz CT molecular complexity index is 524. The smallest absolute Gasteiger partial charge is 0.270 e. The van der Waals surface area contributed by atoms with Crippen molar-refractivity contribution >= 4 is 11.8 Å². The fourth-order valence-corrected chi connectivity index (χ4v) is 2.09. The van der Waals surface area contributed by atoms with Gasteiger partial charge in [0.1, 0.15) is 5.75 Å². The van der Waals surface area contributed by atoms with Gasteiger partial charge in [-0.15, -0.1) is 0 Å². The highest BCUT2D eigenvalue weighted by Crippen LogP contribution is 2.35. The van der Waals surface area contributed by atoms with E-state index in [0.717, 1.165) is 0 Å². The van der Waals surface area contributed by atoms with Crippen molar-refractivity contribution in [2.24, 2.45) is 0 Å². The molecule has 1 heterocycles. The maximum Gasteiger partial charge on any atom is 0.270 e. The van der Waals surface area contributed by atoms with Crippen molar-refractivity contribution in [1.82, 2.24) is 0 Å². The molecule has 6 nitrogen and oxygen atoms in total. The second kappa shape index (κ2) is 4.99. The summed E-state index contributed by atoms with van der Waals surface area (Å²) in [6.45, 7) is 1.82. The van der Waals surface area contributed by atoms with E-state index in [0.29, 0.717) is 11.3 Å². The summed E-state index contributed by atoms with van der Waals surface area (Å²) in [5.41, 5.74) is -0.0737. The average Bonchev–Trinajstić information content (AvgIpc) is 2.39. The Labute approximate surface area is 110 Å². The first-order valence-corrected chi connectivity index (χ1v) is 5.72. The molecule has 1 aromatic rings. The number of nitro groups is 1. The van der Waals surface area contributed by atoms with Gasteiger partial charge in [0.15, 0.2) is 5.60 Å². The van der Waals surface area contributed by atoms with Crippen molar-refractivity contribution in [2.45, 2.75) is 18.8 Å². The highest BCUT2D eigenvalue weighted by Gasteiger charge is 2.37. The van der Waals surface area contributed by atoms with Gasteiger partial charge in [-0.25, -0.2) is 0 Å². The van der Waals surface area contributed by atoms with Gasteiger partial charge in [0.2, 0.25) is 6.29 Å². The molecule has 1 atom stereocenters. The zero-order valence-corrected chi connectivity index (χ0v) is 11.0. The minimum atomic E-state index is -0.771. The second-order valence-corrected chi connectivity index (χ2v) is 4.40. The van der Waals surface area contributed by atoms with Crippen LogP contribution in [-0.4, -0.2) is 31.0 Å². The molecule has 2 rings (SSSR count). The average molecular weight is 265 g/mol. The van der Waals surface area contributed by atoms with Crippen LogP contribution in [0, 0.1) is 10.1 Å². The van der Waals surface area contributed by atoms with Gasteiger partial charge in [-0.05, 0) is 19.1 Å². The van der Waals surface area contributed by atoms with Gasteiger partial charge in [-0.2, -0.15) is 0 Å². The van der Waals surface area contributed by atoms with E-state index in [-0.39, 0.29) is 5.69 Å². The lowest BCUT2D eigenvalue weighted by Crippen LogP contribution is -2.46. The van der Waals surface area contributed by atoms with Crippen LogP contribution in [0.1, 0.15) is 12.5 Å². The van der Waals surface area contributed by atoms with Gasteiger partial charge in [0, 0.05) is 31.9 Å². The highest BCUT2D eigenvalue weighted by molar-refractivity contribution is 5.64. The van der Waals surface area contributed by atoms with E-state index in [1.54, 1.807) is 18.2 Å². The number of rotatable bonds is 4. The van der Waals surface area contributed by atoms with Gasteiger partial charge >= 0.3 is 0 Å². The van der Waals surface area contributed by atoms with E-state index >= 15 is 0 Å². The molecule has 0 saturated heterocycles. The van der Waals surface area contributed by atoms with E-state index in [4.69, 9.17) is 14.2 Å². The van der Waals surface area contributed by atoms with Gasteiger partial charge < -0.3 is 14.2 Å². The molecule has 0 fully saturated rings. The molecule has 0 aromatic heterocycles. The summed E-state index contributed by atoms with van der Waals surface area (Å²) in [7, 11) is 3.06. The quantitative estimate of drug-likeness (QED) is 0.475. The summed E-state index contributed by atoms with van der Waals surface area (Å²) in [4.78, 5) is 10.3. The number of methoxy groups -OCH3 is 2. The van der Waals surface area contributed by atoms with Crippen LogP contribution in [0.15, 0.2) is 24.3 Å². The van der Waals surface area contributed by atoms with Crippen LogP contribution in [0.4, 0.5) is 5.69 Å². The summed E-state index contributed by atoms with van der Waals surface area (Å²) in [6, 6.07) is 4.46. The second-order valence-electron chi connectivity index (χ2n) is 4.40. The number of benzene rings is 1. The number of ether oxygens (including phenoxy) is 3. The zero-order valence-electron chi connectivity index (χ0n) is 11.0. The predicted octanol–water partition coefficient (Wildman–Crippen LogP) is 2.38. The standard InChI is InChI=1S/C13H15NO5/c1-13(12(17-2)18-3)7-6-9-8-10(14(15)16)4-5-11(9)19-13/h4-8,12H,1-3H3/t13-/m1/s1. The number of fused-ring (bicyclic) bond motifs is 1. The summed E-state index contributed by atoms with van der Waals surface area (Å²) in [5.74, 6) is 0.565. The fraction of sp³-hybridized carbons (Fsp3) is 0.385. The summed E-state index contributed by atoms with van der Waals surface area (Å²) in [6.07, 6.45) is 2.99. The van der Waals surface area contributed by atoms with E-state index in [1.165, 1.54) is 26.4 Å². The van der Waals surface area contributed by atoms with Crippen molar-refractivity contribution in [3.63, 3.8) is 0 Å². The fourth-order valence-electron chi connectivity index (χ4n) is 2.09. The van der Waals surface area contributed by atoms with Gasteiger partial charge in [-0.1, -0.05) is 6.08 Å². The molecule has 0 amide bonds. The van der Waals surface area contributed by atoms with Crippen LogP contribution in [0.2, 0.25) is 0 Å². The minimum absolute atomic E-state index is 0.0330. The summed E-state index contributed by atoms with van der Waals surface area (Å²) >= 11 is 0. The van der Waals surface area contributed by atoms with Crippen LogP contribution in [0.3, 0.4) is 0 Å². The predicted molar refractivity (Wildman–Crippen MR) is 69.0 cm³/mol. The third-order valence-corrected chi connectivity index (χ3v) is 3.02. The molecular formula is C13H15NO5. The van der Waals surface area contributed by atoms with Crippen LogP contribution in [0.5, 0.6) is 5.75 Å². The van der Waals surface area contributed by atoms with E-state index in [1.807, 2.05) is 6.92 Å². The van der Waals surface area contributed by atoms with Crippen LogP contribution >= 0.6 is 0 Å². The Morgan fingerprint density at radius 2 is 2.05 bits per heavy atom. The molecule has 0 N–H and O–H groups in total. The lowest BCUT2D eigenvalue weighted by atomic mass is 9.99. The molecule has 0 unspecified atom stereocenters. The van der Waals surface area contributed by atoms with Crippen molar-refractivity contribution in [3.8, 4) is 5.75 Å². The molecule has 19 heavy (non-hydrogen) atoms. The molecule has 1 aliphatic heterocycles. The van der Waals surface area contributed by atoms with E-state index in [9.17, 15) is 10.1 Å². The summed E-state index contributed by atoms with van der Waals surface area (Å²) < 4.78 is 16.3. The zero-order chi connectivity index (χ0) is 14.0. The van der Waals surface area contributed by atoms with Crippen molar-refractivity contribution in [3.05, 3.63) is 40.0 Å². The molecule has 0 spiro atoms. The highest BCUT2D eigenvalue weighted by atomic mass is 16.7. The van der Waals surface area contributed by atoms with Crippen LogP contribution < -0.4 is 4.74 Å². The summed E-state index contributed by atoms with van der Waals surface area (Å²) in [5, 5.41) is 10.7. The lowest BCUT2D eigenvalue weighted by Gasteiger charge is -2.36. The SMILES string of the molecule is COC(OC)[C@@]1(C)C=Cc2cc([N+](=O)[O-])ccc2O1. The maximum absolute atomic E-state index is 10.7. The molecule has 1 aromatic carbocycles. The van der Waals surface area contributed by atoms with Crippen molar-refractivity contribution < 1.29 is 19.1 Å². The van der Waals surface area contributed by atoms with E-state index < -0.39 is 16.8 Å². The first kappa shape index (κ1) is 13.5. The third kappa shape index (κ3) is 2.45.